The summed E-state index contributed by atoms with van der Waals surface area (Å²) in [6, 6.07) is 21.1. The van der Waals surface area contributed by atoms with Crippen LogP contribution >= 0.6 is 0 Å². The van der Waals surface area contributed by atoms with E-state index >= 15 is 0 Å². The van der Waals surface area contributed by atoms with Crippen LogP contribution in [0.2, 0.25) is 0 Å². The number of benzene rings is 2. The highest BCUT2D eigenvalue weighted by Gasteiger charge is 2.28. The molecule has 0 aromatic heterocycles. The molecule has 0 heterocycles. The van der Waals surface area contributed by atoms with Crippen molar-refractivity contribution < 1.29 is 8.85 Å². The van der Waals surface area contributed by atoms with Crippen LogP contribution in [0.4, 0.5) is 0 Å². The van der Waals surface area contributed by atoms with Gasteiger partial charge in [-0.2, -0.15) is 0 Å². The fraction of sp³-hybridized carbons (Fsp3) is 0.294. The van der Waals surface area contributed by atoms with Gasteiger partial charge in [-0.3, -0.25) is 0 Å². The first kappa shape index (κ1) is 15.0. The SMILES string of the molecule is CCO[SiH](OCC)C(c1ccccc1)c1ccccc1. The second-order valence-corrected chi connectivity index (χ2v) is 6.65. The van der Waals surface area contributed by atoms with Gasteiger partial charge in [0.25, 0.3) is 0 Å². The largest absolute Gasteiger partial charge is 0.396 e. The van der Waals surface area contributed by atoms with Crippen LogP contribution in [0.3, 0.4) is 0 Å². The number of rotatable bonds is 7. The maximum atomic E-state index is 5.97. The molecular weight excluding hydrogens is 264 g/mol. The smallest absolute Gasteiger partial charge is 0.333 e. The van der Waals surface area contributed by atoms with Crippen molar-refractivity contribution in [3.8, 4) is 0 Å². The van der Waals surface area contributed by atoms with E-state index in [4.69, 9.17) is 8.85 Å². The number of hydrogen-bond acceptors (Lipinski definition) is 2. The molecule has 3 heteroatoms. The standard InChI is InChI=1S/C17H22O2Si/c1-3-18-20(19-4-2)17(15-11-7-5-8-12-15)16-13-9-6-10-14-16/h5-14,17,20H,3-4H2,1-2H3. The highest BCUT2D eigenvalue weighted by atomic mass is 28.3. The molecule has 0 aliphatic rings. The molecule has 106 valence electrons. The monoisotopic (exact) mass is 286 g/mol. The Morgan fingerprint density at radius 2 is 1.15 bits per heavy atom. The molecule has 2 aromatic carbocycles. The lowest BCUT2D eigenvalue weighted by Gasteiger charge is -2.25. The van der Waals surface area contributed by atoms with Gasteiger partial charge in [0.1, 0.15) is 0 Å². The molecule has 0 atom stereocenters. The Morgan fingerprint density at radius 3 is 1.50 bits per heavy atom. The Labute approximate surface area is 123 Å². The Hall–Kier alpha value is -1.42. The second kappa shape index (κ2) is 8.00. The third-order valence-corrected chi connectivity index (χ3v) is 5.89. The fourth-order valence-corrected chi connectivity index (χ4v) is 4.61. The molecule has 0 aliphatic carbocycles. The Bertz CT molecular complexity index is 441. The molecule has 0 saturated carbocycles. The minimum absolute atomic E-state index is 0.234. The van der Waals surface area contributed by atoms with E-state index < -0.39 is 9.28 Å². The highest BCUT2D eigenvalue weighted by molar-refractivity contribution is 6.47. The van der Waals surface area contributed by atoms with Gasteiger partial charge in [-0.05, 0) is 25.0 Å². The van der Waals surface area contributed by atoms with Gasteiger partial charge in [-0.25, -0.2) is 0 Å². The van der Waals surface area contributed by atoms with Crippen LogP contribution in [0.1, 0.15) is 30.5 Å². The highest BCUT2D eigenvalue weighted by Crippen LogP contribution is 2.28. The van der Waals surface area contributed by atoms with Gasteiger partial charge in [0.2, 0.25) is 0 Å². The quantitative estimate of drug-likeness (QED) is 0.723. The third kappa shape index (κ3) is 3.79. The normalized spacial score (nSPS) is 11.2. The second-order valence-electron chi connectivity index (χ2n) is 4.58. The van der Waals surface area contributed by atoms with Crippen LogP contribution < -0.4 is 0 Å². The minimum Gasteiger partial charge on any atom is -0.396 e. The van der Waals surface area contributed by atoms with Gasteiger partial charge in [0.05, 0.1) is 0 Å². The molecule has 0 radical (unpaired) electrons. The van der Waals surface area contributed by atoms with E-state index in [9.17, 15) is 0 Å². The molecule has 0 saturated heterocycles. The summed E-state index contributed by atoms with van der Waals surface area (Å²) < 4.78 is 11.9. The Morgan fingerprint density at radius 1 is 0.750 bits per heavy atom. The molecule has 20 heavy (non-hydrogen) atoms. The van der Waals surface area contributed by atoms with Crippen LogP contribution in [0.25, 0.3) is 0 Å². The first-order valence-corrected chi connectivity index (χ1v) is 8.80. The van der Waals surface area contributed by atoms with Crippen molar-refractivity contribution in [2.75, 3.05) is 13.2 Å². The summed E-state index contributed by atoms with van der Waals surface area (Å²) >= 11 is 0. The Balaban J connectivity index is 2.38. The van der Waals surface area contributed by atoms with Gasteiger partial charge in [0.15, 0.2) is 0 Å². The van der Waals surface area contributed by atoms with E-state index in [0.29, 0.717) is 13.2 Å². The molecule has 0 amide bonds. The summed E-state index contributed by atoms with van der Waals surface area (Å²) in [5.41, 5.74) is 2.78. The van der Waals surface area contributed by atoms with Gasteiger partial charge in [-0.15, -0.1) is 0 Å². The maximum absolute atomic E-state index is 5.97. The van der Waals surface area contributed by atoms with Crippen LogP contribution in [0, 0.1) is 0 Å². The maximum Gasteiger partial charge on any atom is 0.333 e. The van der Waals surface area contributed by atoms with E-state index in [1.165, 1.54) is 11.1 Å². The van der Waals surface area contributed by atoms with Gasteiger partial charge < -0.3 is 8.85 Å². The molecule has 0 N–H and O–H groups in total. The van der Waals surface area contributed by atoms with Crippen molar-refractivity contribution in [3.63, 3.8) is 0 Å². The van der Waals surface area contributed by atoms with Crippen LogP contribution in [0.15, 0.2) is 60.7 Å². The zero-order valence-electron chi connectivity index (χ0n) is 12.2. The summed E-state index contributed by atoms with van der Waals surface area (Å²) in [6.07, 6.45) is 0. The van der Waals surface area contributed by atoms with Crippen LogP contribution in [-0.2, 0) is 8.85 Å². The molecule has 2 nitrogen and oxygen atoms in total. The third-order valence-electron chi connectivity index (χ3n) is 3.25. The average molecular weight is 286 g/mol. The van der Waals surface area contributed by atoms with Gasteiger partial charge in [-0.1, -0.05) is 60.7 Å². The molecule has 0 bridgehead atoms. The zero-order chi connectivity index (χ0) is 14.2. The van der Waals surface area contributed by atoms with Crippen molar-refractivity contribution in [3.05, 3.63) is 71.8 Å². The van der Waals surface area contributed by atoms with E-state index in [1.807, 2.05) is 26.0 Å². The van der Waals surface area contributed by atoms with Gasteiger partial charge >= 0.3 is 9.28 Å². The van der Waals surface area contributed by atoms with Crippen molar-refractivity contribution in [1.29, 1.82) is 0 Å². The first-order chi connectivity index (χ1) is 9.86. The summed E-state index contributed by atoms with van der Waals surface area (Å²) in [5, 5.41) is 0. The molecule has 2 rings (SSSR count). The predicted octanol–water partition coefficient (Wildman–Crippen LogP) is 3.65. The summed E-state index contributed by atoms with van der Waals surface area (Å²) in [5.74, 6) is 0. The van der Waals surface area contributed by atoms with Crippen molar-refractivity contribution >= 4 is 9.28 Å². The molecular formula is C17H22O2Si. The molecule has 0 spiro atoms. The molecule has 0 fully saturated rings. The summed E-state index contributed by atoms with van der Waals surface area (Å²) in [4.78, 5) is 0. The lowest BCUT2D eigenvalue weighted by Crippen LogP contribution is -2.32. The number of hydrogen-bond donors (Lipinski definition) is 0. The topological polar surface area (TPSA) is 18.5 Å². The van der Waals surface area contributed by atoms with Crippen LogP contribution in [0.5, 0.6) is 0 Å². The summed E-state index contributed by atoms with van der Waals surface area (Å²) in [7, 11) is -1.80. The Kier molecular flexibility index (Phi) is 5.99. The molecule has 0 unspecified atom stereocenters. The van der Waals surface area contributed by atoms with E-state index in [2.05, 4.69) is 48.5 Å². The summed E-state index contributed by atoms with van der Waals surface area (Å²) in [6.45, 7) is 5.47. The van der Waals surface area contributed by atoms with E-state index in [0.717, 1.165) is 0 Å². The van der Waals surface area contributed by atoms with E-state index in [-0.39, 0.29) is 5.54 Å². The average Bonchev–Trinajstić information content (AvgIpc) is 2.50. The minimum atomic E-state index is -1.80. The molecule has 2 aromatic rings. The molecule has 0 aliphatic heterocycles. The first-order valence-electron chi connectivity index (χ1n) is 7.20. The predicted molar refractivity (Wildman–Crippen MR) is 85.1 cm³/mol. The zero-order valence-corrected chi connectivity index (χ0v) is 13.3. The van der Waals surface area contributed by atoms with Crippen molar-refractivity contribution in [1.82, 2.24) is 0 Å². The van der Waals surface area contributed by atoms with Crippen molar-refractivity contribution in [2.45, 2.75) is 19.4 Å². The lowest BCUT2D eigenvalue weighted by molar-refractivity contribution is 0.208. The van der Waals surface area contributed by atoms with Crippen molar-refractivity contribution in [2.24, 2.45) is 0 Å². The lowest BCUT2D eigenvalue weighted by atomic mass is 10.0. The fourth-order valence-electron chi connectivity index (χ4n) is 2.40. The van der Waals surface area contributed by atoms with Gasteiger partial charge in [0, 0.05) is 18.8 Å². The van der Waals surface area contributed by atoms with E-state index in [1.54, 1.807) is 0 Å². The van der Waals surface area contributed by atoms with Crippen LogP contribution in [-0.4, -0.2) is 22.5 Å².